The van der Waals surface area contributed by atoms with Crippen molar-refractivity contribution in [3.8, 4) is 11.1 Å². The zero-order valence-corrected chi connectivity index (χ0v) is 8.67. The number of aromatic nitrogens is 1. The predicted molar refractivity (Wildman–Crippen MR) is 58.7 cm³/mol. The van der Waals surface area contributed by atoms with E-state index in [1.165, 1.54) is 6.20 Å². The van der Waals surface area contributed by atoms with Gasteiger partial charge in [0.2, 0.25) is 0 Å². The number of nitrogens with two attached hydrogens (primary N) is 1. The molecule has 0 aliphatic carbocycles. The summed E-state index contributed by atoms with van der Waals surface area (Å²) in [5, 5.41) is 0. The van der Waals surface area contributed by atoms with E-state index in [1.54, 1.807) is 13.0 Å². The standard InChI is InChI=1S/C12H10F2N2/c1-7-10(5-9(15)6-16-7)11-4-8(13)2-3-12(11)14/h2-6H,15H2,1H3. The number of rotatable bonds is 1. The average Bonchev–Trinajstić information content (AvgIpc) is 2.25. The molecule has 82 valence electrons. The summed E-state index contributed by atoms with van der Waals surface area (Å²) in [5.41, 5.74) is 7.29. The second kappa shape index (κ2) is 3.89. The number of hydrogen-bond donors (Lipinski definition) is 1. The normalized spacial score (nSPS) is 10.4. The van der Waals surface area contributed by atoms with Crippen LogP contribution in [0.5, 0.6) is 0 Å². The highest BCUT2D eigenvalue weighted by molar-refractivity contribution is 5.69. The molecule has 0 radical (unpaired) electrons. The second-order valence-corrected chi connectivity index (χ2v) is 3.53. The molecule has 0 unspecified atom stereocenters. The van der Waals surface area contributed by atoms with Gasteiger partial charge in [-0.3, -0.25) is 4.98 Å². The molecule has 0 bridgehead atoms. The number of nitrogen functional groups attached to an aromatic ring is 1. The smallest absolute Gasteiger partial charge is 0.131 e. The molecule has 0 amide bonds. The molecule has 0 saturated carbocycles. The lowest BCUT2D eigenvalue weighted by molar-refractivity contribution is 0.603. The van der Waals surface area contributed by atoms with Crippen molar-refractivity contribution in [1.82, 2.24) is 4.98 Å². The minimum atomic E-state index is -0.489. The van der Waals surface area contributed by atoms with Gasteiger partial charge in [-0.05, 0) is 31.2 Å². The topological polar surface area (TPSA) is 38.9 Å². The summed E-state index contributed by atoms with van der Waals surface area (Å²) in [6, 6.07) is 4.89. The van der Waals surface area contributed by atoms with Crippen molar-refractivity contribution < 1.29 is 8.78 Å². The van der Waals surface area contributed by atoms with Gasteiger partial charge in [0.05, 0.1) is 11.9 Å². The molecule has 2 nitrogen and oxygen atoms in total. The molecule has 2 rings (SSSR count). The first kappa shape index (κ1) is 10.5. The molecule has 0 aliphatic rings. The molecule has 0 atom stereocenters. The average molecular weight is 220 g/mol. The summed E-state index contributed by atoms with van der Waals surface area (Å²) in [6.45, 7) is 1.72. The molecule has 1 aromatic carbocycles. The van der Waals surface area contributed by atoms with Gasteiger partial charge in [0.1, 0.15) is 11.6 Å². The second-order valence-electron chi connectivity index (χ2n) is 3.53. The Morgan fingerprint density at radius 1 is 1.12 bits per heavy atom. The van der Waals surface area contributed by atoms with E-state index in [0.29, 0.717) is 16.9 Å². The van der Waals surface area contributed by atoms with Crippen LogP contribution in [0, 0.1) is 18.6 Å². The minimum absolute atomic E-state index is 0.178. The lowest BCUT2D eigenvalue weighted by Crippen LogP contribution is -1.95. The van der Waals surface area contributed by atoms with Crippen LogP contribution < -0.4 is 5.73 Å². The molecule has 0 fully saturated rings. The maximum Gasteiger partial charge on any atom is 0.131 e. The third-order valence-corrected chi connectivity index (χ3v) is 2.33. The SMILES string of the molecule is Cc1ncc(N)cc1-c1cc(F)ccc1F. The third kappa shape index (κ3) is 1.86. The quantitative estimate of drug-likeness (QED) is 0.802. The number of benzene rings is 1. The Bertz CT molecular complexity index is 489. The number of halogens is 2. The zero-order chi connectivity index (χ0) is 11.7. The van der Waals surface area contributed by atoms with Gasteiger partial charge in [0.25, 0.3) is 0 Å². The van der Waals surface area contributed by atoms with E-state index >= 15 is 0 Å². The Morgan fingerprint density at radius 2 is 1.88 bits per heavy atom. The Morgan fingerprint density at radius 3 is 2.62 bits per heavy atom. The van der Waals surface area contributed by atoms with Crippen LogP contribution in [-0.2, 0) is 0 Å². The van der Waals surface area contributed by atoms with Crippen molar-refractivity contribution >= 4 is 5.69 Å². The van der Waals surface area contributed by atoms with Crippen LogP contribution in [-0.4, -0.2) is 4.98 Å². The monoisotopic (exact) mass is 220 g/mol. The first-order valence-corrected chi connectivity index (χ1v) is 4.75. The van der Waals surface area contributed by atoms with Gasteiger partial charge in [-0.2, -0.15) is 0 Å². The Hall–Kier alpha value is -1.97. The molecule has 2 N–H and O–H groups in total. The van der Waals surface area contributed by atoms with Gasteiger partial charge in [-0.1, -0.05) is 0 Å². The van der Waals surface area contributed by atoms with E-state index in [1.807, 2.05) is 0 Å². The van der Waals surface area contributed by atoms with Gasteiger partial charge < -0.3 is 5.73 Å². The van der Waals surface area contributed by atoms with Crippen LogP contribution in [0.2, 0.25) is 0 Å². The largest absolute Gasteiger partial charge is 0.397 e. The first-order valence-electron chi connectivity index (χ1n) is 4.75. The lowest BCUT2D eigenvalue weighted by atomic mass is 10.0. The van der Waals surface area contributed by atoms with Crippen molar-refractivity contribution in [1.29, 1.82) is 0 Å². The molecular formula is C12H10F2N2. The molecule has 4 heteroatoms. The van der Waals surface area contributed by atoms with E-state index < -0.39 is 11.6 Å². The highest BCUT2D eigenvalue weighted by Crippen LogP contribution is 2.27. The predicted octanol–water partition coefficient (Wildman–Crippen LogP) is 2.92. The van der Waals surface area contributed by atoms with Crippen LogP contribution in [0.25, 0.3) is 11.1 Å². The van der Waals surface area contributed by atoms with E-state index in [2.05, 4.69) is 4.98 Å². The van der Waals surface area contributed by atoms with Crippen LogP contribution in [0.3, 0.4) is 0 Å². The van der Waals surface area contributed by atoms with Crippen molar-refractivity contribution in [2.24, 2.45) is 0 Å². The molecule has 0 saturated heterocycles. The van der Waals surface area contributed by atoms with Crippen LogP contribution in [0.4, 0.5) is 14.5 Å². The van der Waals surface area contributed by atoms with Crippen LogP contribution in [0.1, 0.15) is 5.69 Å². The van der Waals surface area contributed by atoms with E-state index in [-0.39, 0.29) is 5.56 Å². The number of aryl methyl sites for hydroxylation is 1. The van der Waals surface area contributed by atoms with Crippen molar-refractivity contribution in [2.75, 3.05) is 5.73 Å². The van der Waals surface area contributed by atoms with Gasteiger partial charge in [0.15, 0.2) is 0 Å². The minimum Gasteiger partial charge on any atom is -0.397 e. The van der Waals surface area contributed by atoms with Crippen molar-refractivity contribution in [2.45, 2.75) is 6.92 Å². The molecule has 0 spiro atoms. The third-order valence-electron chi connectivity index (χ3n) is 2.33. The molecule has 2 aromatic rings. The maximum atomic E-state index is 13.5. The van der Waals surface area contributed by atoms with Crippen molar-refractivity contribution in [3.63, 3.8) is 0 Å². The Labute approximate surface area is 91.7 Å². The number of pyridine rings is 1. The molecular weight excluding hydrogens is 210 g/mol. The van der Waals surface area contributed by atoms with E-state index in [9.17, 15) is 8.78 Å². The van der Waals surface area contributed by atoms with E-state index in [4.69, 9.17) is 5.73 Å². The highest BCUT2D eigenvalue weighted by atomic mass is 19.1. The fraction of sp³-hybridized carbons (Fsp3) is 0.0833. The zero-order valence-electron chi connectivity index (χ0n) is 8.67. The van der Waals surface area contributed by atoms with Gasteiger partial charge >= 0.3 is 0 Å². The summed E-state index contributed by atoms with van der Waals surface area (Å²) in [5.74, 6) is -0.977. The van der Waals surface area contributed by atoms with Gasteiger partial charge in [0, 0.05) is 16.8 Å². The summed E-state index contributed by atoms with van der Waals surface area (Å²) in [7, 11) is 0. The number of anilines is 1. The Kier molecular flexibility index (Phi) is 2.56. The number of nitrogens with zero attached hydrogens (tertiary/aromatic N) is 1. The van der Waals surface area contributed by atoms with Crippen LogP contribution >= 0.6 is 0 Å². The fourth-order valence-electron chi connectivity index (χ4n) is 1.53. The number of hydrogen-bond acceptors (Lipinski definition) is 2. The summed E-state index contributed by atoms with van der Waals surface area (Å²) in [6.07, 6.45) is 1.48. The molecule has 1 aromatic heterocycles. The summed E-state index contributed by atoms with van der Waals surface area (Å²) in [4.78, 5) is 4.01. The fourth-order valence-corrected chi connectivity index (χ4v) is 1.53. The lowest BCUT2D eigenvalue weighted by Gasteiger charge is -2.07. The Balaban J connectivity index is 2.66. The van der Waals surface area contributed by atoms with Crippen molar-refractivity contribution in [3.05, 3.63) is 47.8 Å². The van der Waals surface area contributed by atoms with E-state index in [0.717, 1.165) is 18.2 Å². The molecule has 1 heterocycles. The molecule has 16 heavy (non-hydrogen) atoms. The maximum absolute atomic E-state index is 13.5. The van der Waals surface area contributed by atoms with Crippen LogP contribution in [0.15, 0.2) is 30.5 Å². The first-order chi connectivity index (χ1) is 7.58. The van der Waals surface area contributed by atoms with Gasteiger partial charge in [-0.15, -0.1) is 0 Å². The molecule has 0 aliphatic heterocycles. The van der Waals surface area contributed by atoms with Gasteiger partial charge in [-0.25, -0.2) is 8.78 Å². The highest BCUT2D eigenvalue weighted by Gasteiger charge is 2.10. The summed E-state index contributed by atoms with van der Waals surface area (Å²) < 4.78 is 26.6. The summed E-state index contributed by atoms with van der Waals surface area (Å²) >= 11 is 0.